The molecule has 2 aliphatic rings. The number of halogens is 2. The fourth-order valence-corrected chi connectivity index (χ4v) is 5.64. The van der Waals surface area contributed by atoms with Crippen molar-refractivity contribution in [1.29, 1.82) is 0 Å². The van der Waals surface area contributed by atoms with E-state index in [2.05, 4.69) is 81.5 Å². The molecule has 4 rings (SSSR count). The van der Waals surface area contributed by atoms with Gasteiger partial charge in [-0.15, -0.1) is 23.2 Å². The topological polar surface area (TPSA) is 0 Å². The number of fused-ring (bicyclic) bond motifs is 2. The third-order valence-electron chi connectivity index (χ3n) is 6.27. The molecular weight excluding hydrogens is 359 g/mol. The first-order valence-corrected chi connectivity index (χ1v) is 10.1. The molecule has 2 heteroatoms. The number of hydrogen-bond donors (Lipinski definition) is 0. The molecule has 0 bridgehead atoms. The average Bonchev–Trinajstić information content (AvgIpc) is 3.05. The molecule has 0 N–H and O–H groups in total. The van der Waals surface area contributed by atoms with E-state index in [1.807, 2.05) is 0 Å². The summed E-state index contributed by atoms with van der Waals surface area (Å²) in [5, 5.41) is 0. The molecule has 0 aromatic heterocycles. The second-order valence-electron chi connectivity index (χ2n) is 7.65. The molecule has 2 aromatic rings. The molecule has 2 aromatic carbocycles. The van der Waals surface area contributed by atoms with Crippen LogP contribution in [0.5, 0.6) is 0 Å². The molecule has 0 spiro atoms. The first-order chi connectivity index (χ1) is 12.4. The molecule has 0 saturated heterocycles. The summed E-state index contributed by atoms with van der Waals surface area (Å²) in [6, 6.07) is 17.0. The maximum atomic E-state index is 7.39. The number of benzene rings is 2. The molecule has 0 aliphatic heterocycles. The van der Waals surface area contributed by atoms with Gasteiger partial charge in [-0.25, -0.2) is 0 Å². The highest BCUT2D eigenvalue weighted by atomic mass is 35.5. The van der Waals surface area contributed by atoms with Gasteiger partial charge in [-0.3, -0.25) is 0 Å². The van der Waals surface area contributed by atoms with Crippen LogP contribution in [0.3, 0.4) is 0 Å². The van der Waals surface area contributed by atoms with E-state index in [1.54, 1.807) is 0 Å². The lowest BCUT2D eigenvalue weighted by molar-refractivity contribution is 0.349. The van der Waals surface area contributed by atoms with Gasteiger partial charge in [0.2, 0.25) is 0 Å². The monoisotopic (exact) mass is 382 g/mol. The minimum Gasteiger partial charge on any atom is -0.109 e. The molecule has 134 valence electrons. The molecule has 3 unspecified atom stereocenters. The minimum atomic E-state index is -0.481. The number of rotatable bonds is 4. The average molecular weight is 383 g/mol. The van der Waals surface area contributed by atoms with Crippen LogP contribution in [-0.4, -0.2) is 0 Å². The quantitative estimate of drug-likeness (QED) is 0.479. The zero-order valence-electron chi connectivity index (χ0n) is 15.5. The van der Waals surface area contributed by atoms with E-state index in [0.29, 0.717) is 0 Å². The van der Waals surface area contributed by atoms with Crippen LogP contribution in [0.1, 0.15) is 55.9 Å². The van der Waals surface area contributed by atoms with Crippen molar-refractivity contribution >= 4 is 35.4 Å². The SMILES string of the molecule is CCC(CC1(Cl)C(C)=Cc2ccccc21)C1(Cl)C(C)=Cc2ccccc21. The molecule has 0 nitrogen and oxygen atoms in total. The fourth-order valence-electron chi connectivity index (χ4n) is 4.77. The Morgan fingerprint density at radius 1 is 0.808 bits per heavy atom. The Morgan fingerprint density at radius 2 is 1.35 bits per heavy atom. The summed E-state index contributed by atoms with van der Waals surface area (Å²) < 4.78 is 0. The van der Waals surface area contributed by atoms with Gasteiger partial charge in [-0.2, -0.15) is 0 Å². The number of alkyl halides is 2. The van der Waals surface area contributed by atoms with E-state index in [1.165, 1.54) is 33.4 Å². The zero-order chi connectivity index (χ0) is 18.5. The molecule has 0 radical (unpaired) electrons. The van der Waals surface area contributed by atoms with Crippen LogP contribution in [0.4, 0.5) is 0 Å². The van der Waals surface area contributed by atoms with E-state index in [0.717, 1.165) is 12.8 Å². The summed E-state index contributed by atoms with van der Waals surface area (Å²) >= 11 is 14.7. The lowest BCUT2D eigenvalue weighted by Gasteiger charge is -2.39. The first kappa shape index (κ1) is 17.9. The van der Waals surface area contributed by atoms with Gasteiger partial charge in [-0.05, 0) is 59.6 Å². The summed E-state index contributed by atoms with van der Waals surface area (Å²) in [5.74, 6) is 0.246. The Balaban J connectivity index is 1.76. The predicted octanol–water partition coefficient (Wildman–Crippen LogP) is 7.51. The van der Waals surface area contributed by atoms with Crippen LogP contribution in [0.2, 0.25) is 0 Å². The predicted molar refractivity (Wildman–Crippen MR) is 114 cm³/mol. The van der Waals surface area contributed by atoms with Crippen molar-refractivity contribution in [3.05, 3.63) is 81.9 Å². The Hall–Kier alpha value is -1.50. The zero-order valence-corrected chi connectivity index (χ0v) is 17.0. The van der Waals surface area contributed by atoms with Crippen molar-refractivity contribution in [3.8, 4) is 0 Å². The third-order valence-corrected chi connectivity index (χ3v) is 7.73. The lowest BCUT2D eigenvalue weighted by Crippen LogP contribution is -2.34. The van der Waals surface area contributed by atoms with Gasteiger partial charge >= 0.3 is 0 Å². The standard InChI is InChI=1S/C24H24Cl2/c1-4-20(24(26)17(3)14-19-10-6-8-12-22(19)24)15-23(25)16(2)13-18-9-5-7-11-21(18)23/h5-14,20H,4,15H2,1-3H3. The van der Waals surface area contributed by atoms with Crippen molar-refractivity contribution in [1.82, 2.24) is 0 Å². The Kier molecular flexibility index (Phi) is 4.33. The molecule has 0 fully saturated rings. The van der Waals surface area contributed by atoms with Crippen LogP contribution in [0, 0.1) is 5.92 Å². The minimum absolute atomic E-state index is 0.246. The first-order valence-electron chi connectivity index (χ1n) is 9.35. The summed E-state index contributed by atoms with van der Waals surface area (Å²) in [5.41, 5.74) is 7.34. The Bertz CT molecular complexity index is 923. The smallest absolute Gasteiger partial charge is 0.0939 e. The highest BCUT2D eigenvalue weighted by Gasteiger charge is 2.48. The van der Waals surface area contributed by atoms with Gasteiger partial charge < -0.3 is 0 Å². The highest BCUT2D eigenvalue weighted by molar-refractivity contribution is 6.29. The second-order valence-corrected chi connectivity index (χ2v) is 8.89. The van der Waals surface area contributed by atoms with E-state index in [4.69, 9.17) is 23.2 Å². The maximum Gasteiger partial charge on any atom is 0.0939 e. The molecule has 2 aliphatic carbocycles. The summed E-state index contributed by atoms with van der Waals surface area (Å²) in [4.78, 5) is -0.956. The summed E-state index contributed by atoms with van der Waals surface area (Å²) in [7, 11) is 0. The molecule has 0 saturated carbocycles. The van der Waals surface area contributed by atoms with Crippen molar-refractivity contribution in [2.75, 3.05) is 0 Å². The Morgan fingerprint density at radius 3 is 2.00 bits per heavy atom. The van der Waals surface area contributed by atoms with Gasteiger partial charge in [-0.1, -0.05) is 74.0 Å². The van der Waals surface area contributed by atoms with E-state index >= 15 is 0 Å². The maximum absolute atomic E-state index is 7.39. The molecule has 0 amide bonds. The second kappa shape index (κ2) is 6.29. The summed E-state index contributed by atoms with van der Waals surface area (Å²) in [6.45, 7) is 6.52. The van der Waals surface area contributed by atoms with Crippen LogP contribution in [0.25, 0.3) is 12.2 Å². The van der Waals surface area contributed by atoms with Crippen LogP contribution in [-0.2, 0) is 9.75 Å². The normalized spacial score (nSPS) is 27.6. The number of hydrogen-bond acceptors (Lipinski definition) is 0. The largest absolute Gasteiger partial charge is 0.109 e. The van der Waals surface area contributed by atoms with Crippen molar-refractivity contribution in [2.24, 2.45) is 5.92 Å². The van der Waals surface area contributed by atoms with Gasteiger partial charge in [0.15, 0.2) is 0 Å². The van der Waals surface area contributed by atoms with E-state index in [-0.39, 0.29) is 5.92 Å². The molecule has 3 atom stereocenters. The molecule has 26 heavy (non-hydrogen) atoms. The third kappa shape index (κ3) is 2.42. The Labute approximate surface area is 166 Å². The molecule has 0 heterocycles. The van der Waals surface area contributed by atoms with Crippen molar-refractivity contribution < 1.29 is 0 Å². The number of allylic oxidation sites excluding steroid dienone is 2. The van der Waals surface area contributed by atoms with Gasteiger partial charge in [0, 0.05) is 0 Å². The lowest BCUT2D eigenvalue weighted by atomic mass is 9.74. The van der Waals surface area contributed by atoms with Crippen LogP contribution < -0.4 is 0 Å². The van der Waals surface area contributed by atoms with Crippen molar-refractivity contribution in [3.63, 3.8) is 0 Å². The highest BCUT2D eigenvalue weighted by Crippen LogP contribution is 2.57. The van der Waals surface area contributed by atoms with E-state index in [9.17, 15) is 0 Å². The summed E-state index contributed by atoms with van der Waals surface area (Å²) in [6.07, 6.45) is 6.26. The van der Waals surface area contributed by atoms with Crippen molar-refractivity contribution in [2.45, 2.75) is 43.4 Å². The van der Waals surface area contributed by atoms with E-state index < -0.39 is 9.75 Å². The molecular formula is C24H24Cl2. The fraction of sp³-hybridized carbons (Fsp3) is 0.333. The van der Waals surface area contributed by atoms with Gasteiger partial charge in [0.25, 0.3) is 0 Å². The van der Waals surface area contributed by atoms with Crippen LogP contribution >= 0.6 is 23.2 Å². The van der Waals surface area contributed by atoms with Gasteiger partial charge in [0.05, 0.1) is 9.75 Å². The van der Waals surface area contributed by atoms with Gasteiger partial charge in [0.1, 0.15) is 0 Å². The van der Waals surface area contributed by atoms with Crippen LogP contribution in [0.15, 0.2) is 59.7 Å².